The van der Waals surface area contributed by atoms with Crippen molar-refractivity contribution in [2.24, 2.45) is 16.8 Å². The van der Waals surface area contributed by atoms with E-state index in [1.54, 1.807) is 0 Å². The van der Waals surface area contributed by atoms with Crippen LogP contribution in [-0.2, 0) is 6.54 Å². The molecule has 0 spiro atoms. The number of rotatable bonds is 6. The van der Waals surface area contributed by atoms with E-state index in [-0.39, 0.29) is 28.3 Å². The zero-order valence-corrected chi connectivity index (χ0v) is 18.0. The van der Waals surface area contributed by atoms with Gasteiger partial charge in [0.15, 0.2) is 5.11 Å². The summed E-state index contributed by atoms with van der Waals surface area (Å²) in [7, 11) is 0. The van der Waals surface area contributed by atoms with Crippen molar-refractivity contribution < 1.29 is 8.78 Å². The van der Waals surface area contributed by atoms with Crippen LogP contribution in [0.1, 0.15) is 25.0 Å². The van der Waals surface area contributed by atoms with Crippen molar-refractivity contribution in [3.05, 3.63) is 65.2 Å². The molecule has 0 aromatic heterocycles. The average Bonchev–Trinajstić information content (AvgIpc) is 2.71. The van der Waals surface area contributed by atoms with E-state index in [4.69, 9.17) is 5.73 Å². The van der Waals surface area contributed by atoms with Crippen LogP contribution in [0, 0.1) is 17.6 Å². The first-order valence-electron chi connectivity index (χ1n) is 9.95. The third kappa shape index (κ3) is 5.52. The second-order valence-corrected chi connectivity index (χ2v) is 8.22. The van der Waals surface area contributed by atoms with Gasteiger partial charge in [0.1, 0.15) is 11.6 Å². The first kappa shape index (κ1) is 22.1. The van der Waals surface area contributed by atoms with Gasteiger partial charge in [-0.3, -0.25) is 10.3 Å². The minimum absolute atomic E-state index is 0.0313. The molecule has 0 saturated carbocycles. The molecule has 2 aromatic carbocycles. The van der Waals surface area contributed by atoms with E-state index >= 15 is 0 Å². The van der Waals surface area contributed by atoms with E-state index < -0.39 is 11.6 Å². The normalized spacial score (nSPS) is 17.6. The number of hydrogen-bond donors (Lipinski definition) is 2. The summed E-state index contributed by atoms with van der Waals surface area (Å²) in [4.78, 5) is 4.35. The molecule has 0 aliphatic carbocycles. The van der Waals surface area contributed by atoms with E-state index in [0.717, 1.165) is 25.7 Å². The molecule has 1 saturated heterocycles. The van der Waals surface area contributed by atoms with Crippen molar-refractivity contribution in [2.75, 3.05) is 24.5 Å². The van der Waals surface area contributed by atoms with Gasteiger partial charge in [-0.05, 0) is 29.8 Å². The highest BCUT2D eigenvalue weighted by Crippen LogP contribution is 2.29. The van der Waals surface area contributed by atoms with Crippen molar-refractivity contribution in [3.8, 4) is 0 Å². The van der Waals surface area contributed by atoms with Gasteiger partial charge >= 0.3 is 0 Å². The van der Waals surface area contributed by atoms with Crippen LogP contribution in [0.15, 0.2) is 47.6 Å². The number of thiocarbonyl (C=S) groups is 1. The van der Waals surface area contributed by atoms with Crippen molar-refractivity contribution >= 4 is 29.2 Å². The Kier molecular flexibility index (Phi) is 7.33. The molecule has 8 heteroatoms. The van der Waals surface area contributed by atoms with Crippen LogP contribution in [0.5, 0.6) is 0 Å². The lowest BCUT2D eigenvalue weighted by molar-refractivity contribution is 0.192. The summed E-state index contributed by atoms with van der Waals surface area (Å²) >= 11 is 4.64. The maximum atomic E-state index is 14.9. The number of benzene rings is 2. The number of hydrazone groups is 1. The van der Waals surface area contributed by atoms with Crippen LogP contribution >= 0.6 is 12.2 Å². The smallest absolute Gasteiger partial charge is 0.184 e. The molecule has 160 valence electrons. The largest absolute Gasteiger partial charge is 0.375 e. The lowest BCUT2D eigenvalue weighted by Gasteiger charge is -2.45. The quantitative estimate of drug-likeness (QED) is 0.417. The summed E-state index contributed by atoms with van der Waals surface area (Å²) in [5.41, 5.74) is 9.18. The molecule has 0 amide bonds. The zero-order valence-electron chi connectivity index (χ0n) is 17.2. The van der Waals surface area contributed by atoms with Crippen LogP contribution in [-0.4, -0.2) is 41.9 Å². The lowest BCUT2D eigenvalue weighted by Crippen LogP contribution is -2.55. The molecular formula is C22H27F2N5S. The number of nitrogens with zero attached hydrogens (tertiary/aromatic N) is 3. The standard InChI is InChI=1S/C22H27F2N5S/c1-15(2)21-14-28(13-16-6-4-3-5-7-16)8-9-29(21)20-11-18(23)17(10-19(20)24)12-26-27-22(25)30/h3-7,10-12,15,21H,8-9,13-14H2,1-2H3,(H3,25,27,30)/t21-/m1/s1. The molecule has 2 aromatic rings. The fourth-order valence-electron chi connectivity index (χ4n) is 3.76. The van der Waals surface area contributed by atoms with E-state index in [0.29, 0.717) is 6.54 Å². The van der Waals surface area contributed by atoms with Crippen molar-refractivity contribution in [1.29, 1.82) is 0 Å². The Morgan fingerprint density at radius 2 is 1.97 bits per heavy atom. The van der Waals surface area contributed by atoms with Gasteiger partial charge in [0.25, 0.3) is 0 Å². The van der Waals surface area contributed by atoms with Gasteiger partial charge in [-0.1, -0.05) is 44.2 Å². The Bertz CT molecular complexity index is 904. The van der Waals surface area contributed by atoms with Gasteiger partial charge < -0.3 is 10.6 Å². The molecular weight excluding hydrogens is 404 g/mol. The molecule has 0 unspecified atom stereocenters. The summed E-state index contributed by atoms with van der Waals surface area (Å²) in [6.07, 6.45) is 1.17. The van der Waals surface area contributed by atoms with Gasteiger partial charge in [-0.25, -0.2) is 8.78 Å². The monoisotopic (exact) mass is 431 g/mol. The van der Waals surface area contributed by atoms with Gasteiger partial charge in [-0.2, -0.15) is 5.10 Å². The highest BCUT2D eigenvalue weighted by atomic mass is 32.1. The number of hydrogen-bond acceptors (Lipinski definition) is 4. The molecule has 1 atom stereocenters. The molecule has 30 heavy (non-hydrogen) atoms. The number of piperazine rings is 1. The Balaban J connectivity index is 1.78. The highest BCUT2D eigenvalue weighted by molar-refractivity contribution is 7.80. The predicted octanol–water partition coefficient (Wildman–Crippen LogP) is 3.48. The minimum atomic E-state index is -0.547. The van der Waals surface area contributed by atoms with E-state index in [1.807, 2.05) is 23.1 Å². The Hall–Kier alpha value is -2.58. The summed E-state index contributed by atoms with van der Waals surface area (Å²) in [6, 6.07) is 12.8. The fraction of sp³-hybridized carbons (Fsp3) is 0.364. The van der Waals surface area contributed by atoms with Crippen LogP contribution in [0.25, 0.3) is 0 Å². The second-order valence-electron chi connectivity index (χ2n) is 7.78. The van der Waals surface area contributed by atoms with E-state index in [1.165, 1.54) is 17.8 Å². The SMILES string of the molecule is CC(C)[C@H]1CN(Cc2ccccc2)CCN1c1cc(F)c(C=NNC(N)=S)cc1F. The van der Waals surface area contributed by atoms with Gasteiger partial charge in [0.2, 0.25) is 0 Å². The lowest BCUT2D eigenvalue weighted by atomic mass is 9.97. The fourth-order valence-corrected chi connectivity index (χ4v) is 3.81. The first-order chi connectivity index (χ1) is 14.3. The summed E-state index contributed by atoms with van der Waals surface area (Å²) in [5.74, 6) is -0.744. The molecule has 3 N–H and O–H groups in total. The van der Waals surface area contributed by atoms with Crippen molar-refractivity contribution in [2.45, 2.75) is 26.4 Å². The highest BCUT2D eigenvalue weighted by Gasteiger charge is 2.31. The predicted molar refractivity (Wildman–Crippen MR) is 122 cm³/mol. The van der Waals surface area contributed by atoms with Gasteiger partial charge in [-0.15, -0.1) is 0 Å². The summed E-state index contributed by atoms with van der Waals surface area (Å²) < 4.78 is 29.5. The van der Waals surface area contributed by atoms with Crippen LogP contribution in [0.3, 0.4) is 0 Å². The minimum Gasteiger partial charge on any atom is -0.375 e. The second kappa shape index (κ2) is 9.95. The van der Waals surface area contributed by atoms with Crippen LogP contribution < -0.4 is 16.1 Å². The van der Waals surface area contributed by atoms with Crippen molar-refractivity contribution in [3.63, 3.8) is 0 Å². The Labute approximate surface area is 181 Å². The number of halogens is 2. The third-order valence-corrected chi connectivity index (χ3v) is 5.37. The third-order valence-electron chi connectivity index (χ3n) is 5.28. The van der Waals surface area contributed by atoms with Crippen molar-refractivity contribution in [1.82, 2.24) is 10.3 Å². The summed E-state index contributed by atoms with van der Waals surface area (Å²) in [6.45, 7) is 7.26. The molecule has 1 aliphatic heterocycles. The maximum absolute atomic E-state index is 14.9. The van der Waals surface area contributed by atoms with Gasteiger partial charge in [0.05, 0.1) is 11.9 Å². The maximum Gasteiger partial charge on any atom is 0.184 e. The number of nitrogens with two attached hydrogens (primary N) is 1. The number of anilines is 1. The van der Waals surface area contributed by atoms with Gasteiger partial charge in [0, 0.05) is 43.9 Å². The Morgan fingerprint density at radius 3 is 2.63 bits per heavy atom. The molecule has 1 heterocycles. The number of nitrogens with one attached hydrogen (secondary N) is 1. The van der Waals surface area contributed by atoms with Crippen LogP contribution in [0.4, 0.5) is 14.5 Å². The topological polar surface area (TPSA) is 56.9 Å². The molecule has 5 nitrogen and oxygen atoms in total. The molecule has 0 bridgehead atoms. The average molecular weight is 432 g/mol. The molecule has 0 radical (unpaired) electrons. The summed E-state index contributed by atoms with van der Waals surface area (Å²) in [5, 5.41) is 3.67. The molecule has 1 fully saturated rings. The first-order valence-corrected chi connectivity index (χ1v) is 10.4. The molecule has 3 rings (SSSR count). The van der Waals surface area contributed by atoms with E-state index in [9.17, 15) is 8.78 Å². The zero-order chi connectivity index (χ0) is 21.7. The van der Waals surface area contributed by atoms with E-state index in [2.05, 4.69) is 53.6 Å². The Morgan fingerprint density at radius 1 is 1.23 bits per heavy atom. The van der Waals surface area contributed by atoms with Crippen LogP contribution in [0.2, 0.25) is 0 Å². The molecule has 1 aliphatic rings.